The summed E-state index contributed by atoms with van der Waals surface area (Å²) in [5, 5.41) is 0. The first kappa shape index (κ1) is 12.4. The minimum absolute atomic E-state index is 0.0994. The first-order valence-electron chi connectivity index (χ1n) is 7.13. The third-order valence-corrected chi connectivity index (χ3v) is 5.75. The van der Waals surface area contributed by atoms with Crippen molar-refractivity contribution < 1.29 is 9.47 Å². The van der Waals surface area contributed by atoms with Crippen molar-refractivity contribution in [2.75, 3.05) is 19.8 Å². The van der Waals surface area contributed by atoms with Crippen LogP contribution in [0.1, 0.15) is 44.9 Å². The monoisotopic (exact) mass is 302 g/mol. The van der Waals surface area contributed by atoms with Crippen molar-refractivity contribution in [2.45, 2.75) is 55.4 Å². The third-order valence-electron chi connectivity index (χ3n) is 4.92. The summed E-state index contributed by atoms with van der Waals surface area (Å²) < 4.78 is 11.6. The normalized spacial score (nSPS) is 47.5. The van der Waals surface area contributed by atoms with Crippen LogP contribution in [-0.2, 0) is 9.47 Å². The van der Waals surface area contributed by atoms with E-state index in [1.165, 1.54) is 38.5 Å². The van der Waals surface area contributed by atoms with Crippen LogP contribution in [0, 0.1) is 11.8 Å². The molecule has 0 aromatic carbocycles. The maximum atomic E-state index is 6.04. The zero-order chi connectivity index (χ0) is 11.7. The fourth-order valence-electron chi connectivity index (χ4n) is 3.93. The lowest BCUT2D eigenvalue weighted by Gasteiger charge is -2.42. The van der Waals surface area contributed by atoms with Crippen molar-refractivity contribution in [2.24, 2.45) is 11.8 Å². The lowest BCUT2D eigenvalue weighted by molar-refractivity contribution is -0.108. The van der Waals surface area contributed by atoms with E-state index in [0.717, 1.165) is 42.9 Å². The molecule has 1 spiro atoms. The number of rotatable bonds is 1. The Hall–Kier alpha value is 0.400. The van der Waals surface area contributed by atoms with Gasteiger partial charge >= 0.3 is 0 Å². The van der Waals surface area contributed by atoms with E-state index in [0.29, 0.717) is 0 Å². The molecule has 2 heterocycles. The lowest BCUT2D eigenvalue weighted by Crippen LogP contribution is -2.43. The largest absolute Gasteiger partial charge is 0.378 e. The van der Waals surface area contributed by atoms with Crippen LogP contribution >= 0.6 is 15.9 Å². The Labute approximate surface area is 113 Å². The first-order chi connectivity index (χ1) is 8.27. The predicted molar refractivity (Wildman–Crippen MR) is 71.5 cm³/mol. The van der Waals surface area contributed by atoms with Gasteiger partial charge in [0.05, 0.1) is 12.2 Å². The highest BCUT2D eigenvalue weighted by molar-refractivity contribution is 9.09. The van der Waals surface area contributed by atoms with E-state index in [1.54, 1.807) is 0 Å². The second kappa shape index (κ2) is 5.18. The van der Waals surface area contributed by atoms with Gasteiger partial charge in [-0.1, -0.05) is 28.8 Å². The minimum Gasteiger partial charge on any atom is -0.378 e. The summed E-state index contributed by atoms with van der Waals surface area (Å²) in [6.45, 7) is 2.70. The number of alkyl halides is 1. The van der Waals surface area contributed by atoms with Crippen LogP contribution in [0.15, 0.2) is 0 Å². The van der Waals surface area contributed by atoms with Crippen molar-refractivity contribution >= 4 is 15.9 Å². The summed E-state index contributed by atoms with van der Waals surface area (Å²) in [6.07, 6.45) is 9.22. The van der Waals surface area contributed by atoms with Gasteiger partial charge in [0.25, 0.3) is 0 Å². The van der Waals surface area contributed by atoms with Gasteiger partial charge in [0.15, 0.2) is 0 Å². The molecule has 0 aromatic rings. The minimum atomic E-state index is 0.0994. The topological polar surface area (TPSA) is 18.5 Å². The van der Waals surface area contributed by atoms with Crippen LogP contribution in [0.25, 0.3) is 0 Å². The van der Waals surface area contributed by atoms with Crippen molar-refractivity contribution in [1.82, 2.24) is 0 Å². The van der Waals surface area contributed by atoms with Gasteiger partial charge in [-0.2, -0.15) is 0 Å². The van der Waals surface area contributed by atoms with E-state index in [9.17, 15) is 0 Å². The molecule has 3 heteroatoms. The second-order valence-corrected chi connectivity index (χ2v) is 7.41. The first-order valence-corrected chi connectivity index (χ1v) is 8.05. The van der Waals surface area contributed by atoms with Gasteiger partial charge in [-0.3, -0.25) is 0 Å². The fraction of sp³-hybridized carbons (Fsp3) is 1.00. The van der Waals surface area contributed by atoms with E-state index in [4.69, 9.17) is 9.47 Å². The summed E-state index contributed by atoms with van der Waals surface area (Å²) in [6, 6.07) is 0. The van der Waals surface area contributed by atoms with Gasteiger partial charge < -0.3 is 9.47 Å². The molecule has 2 aliphatic heterocycles. The third kappa shape index (κ3) is 2.71. The van der Waals surface area contributed by atoms with E-state index in [-0.39, 0.29) is 5.60 Å². The summed E-state index contributed by atoms with van der Waals surface area (Å²) in [7, 11) is 0. The highest BCUT2D eigenvalue weighted by Gasteiger charge is 2.43. The molecule has 4 unspecified atom stereocenters. The molecule has 3 aliphatic rings. The molecule has 3 fully saturated rings. The Kier molecular flexibility index (Phi) is 3.79. The molecule has 0 radical (unpaired) electrons. The Morgan fingerprint density at radius 1 is 1.06 bits per heavy atom. The molecule has 2 saturated heterocycles. The molecule has 2 nitrogen and oxygen atoms in total. The molecule has 17 heavy (non-hydrogen) atoms. The average molecular weight is 303 g/mol. The van der Waals surface area contributed by atoms with E-state index < -0.39 is 0 Å². The molecule has 1 saturated carbocycles. The van der Waals surface area contributed by atoms with Crippen LogP contribution < -0.4 is 0 Å². The second-order valence-electron chi connectivity index (χ2n) is 6.11. The molecular weight excluding hydrogens is 280 g/mol. The van der Waals surface area contributed by atoms with Gasteiger partial charge in [0.2, 0.25) is 0 Å². The Bertz CT molecular complexity index is 263. The van der Waals surface area contributed by atoms with Crippen molar-refractivity contribution in [3.63, 3.8) is 0 Å². The molecule has 0 N–H and O–H groups in total. The predicted octanol–water partition coefficient (Wildman–Crippen LogP) is 3.53. The molecule has 0 bridgehead atoms. The SMILES string of the molecule is BrC1CCCC(C2CCOC3(CCOC3)C2)C1. The van der Waals surface area contributed by atoms with Gasteiger partial charge in [-0.25, -0.2) is 0 Å². The van der Waals surface area contributed by atoms with Crippen molar-refractivity contribution in [3.8, 4) is 0 Å². The highest BCUT2D eigenvalue weighted by Crippen LogP contribution is 2.43. The lowest BCUT2D eigenvalue weighted by atomic mass is 9.72. The quantitative estimate of drug-likeness (QED) is 0.690. The zero-order valence-electron chi connectivity index (χ0n) is 10.5. The average Bonchev–Trinajstić information content (AvgIpc) is 2.77. The molecule has 0 aromatic heterocycles. The number of hydrogen-bond donors (Lipinski definition) is 0. The zero-order valence-corrected chi connectivity index (χ0v) is 12.1. The Balaban J connectivity index is 1.62. The standard InChI is InChI=1S/C14H23BrO2/c15-13-3-1-2-11(8-13)12-4-6-17-14(9-12)5-7-16-10-14/h11-13H,1-10H2. The summed E-state index contributed by atoms with van der Waals surface area (Å²) in [4.78, 5) is 0.764. The number of halogens is 1. The van der Waals surface area contributed by atoms with Crippen LogP contribution in [0.5, 0.6) is 0 Å². The highest BCUT2D eigenvalue weighted by atomic mass is 79.9. The molecule has 3 rings (SSSR count). The maximum Gasteiger partial charge on any atom is 0.0939 e. The molecular formula is C14H23BrO2. The van der Waals surface area contributed by atoms with Crippen LogP contribution in [-0.4, -0.2) is 30.2 Å². The van der Waals surface area contributed by atoms with E-state index in [2.05, 4.69) is 15.9 Å². The number of hydrogen-bond acceptors (Lipinski definition) is 2. The van der Waals surface area contributed by atoms with Crippen molar-refractivity contribution in [1.29, 1.82) is 0 Å². The molecule has 98 valence electrons. The molecule has 4 atom stereocenters. The van der Waals surface area contributed by atoms with Crippen LogP contribution in [0.4, 0.5) is 0 Å². The summed E-state index contributed by atoms with van der Waals surface area (Å²) in [5.41, 5.74) is 0.0994. The van der Waals surface area contributed by atoms with E-state index >= 15 is 0 Å². The van der Waals surface area contributed by atoms with E-state index in [1.807, 2.05) is 0 Å². The van der Waals surface area contributed by atoms with Gasteiger partial charge in [0.1, 0.15) is 0 Å². The van der Waals surface area contributed by atoms with Crippen LogP contribution in [0.2, 0.25) is 0 Å². The smallest absolute Gasteiger partial charge is 0.0939 e. The van der Waals surface area contributed by atoms with Gasteiger partial charge in [-0.15, -0.1) is 0 Å². The maximum absolute atomic E-state index is 6.04. The summed E-state index contributed by atoms with van der Waals surface area (Å²) in [5.74, 6) is 1.81. The molecule has 0 amide bonds. The van der Waals surface area contributed by atoms with Crippen molar-refractivity contribution in [3.05, 3.63) is 0 Å². The van der Waals surface area contributed by atoms with Crippen LogP contribution in [0.3, 0.4) is 0 Å². The Morgan fingerprint density at radius 2 is 2.00 bits per heavy atom. The Morgan fingerprint density at radius 3 is 2.76 bits per heavy atom. The molecule has 1 aliphatic carbocycles. The van der Waals surface area contributed by atoms with Gasteiger partial charge in [0, 0.05) is 24.5 Å². The number of ether oxygens (including phenoxy) is 2. The summed E-state index contributed by atoms with van der Waals surface area (Å²) >= 11 is 3.81. The fourth-order valence-corrected chi connectivity index (χ4v) is 4.73. The van der Waals surface area contributed by atoms with Gasteiger partial charge in [-0.05, 0) is 37.5 Å².